The van der Waals surface area contributed by atoms with Crippen LogP contribution in [0.2, 0.25) is 0 Å². The van der Waals surface area contributed by atoms with Crippen LogP contribution in [0.4, 0.5) is 0 Å². The minimum absolute atomic E-state index is 0.110. The highest BCUT2D eigenvalue weighted by molar-refractivity contribution is 5.95. The van der Waals surface area contributed by atoms with E-state index in [-0.39, 0.29) is 5.91 Å². The summed E-state index contributed by atoms with van der Waals surface area (Å²) in [6.07, 6.45) is 1.73. The first kappa shape index (κ1) is 12.8. The Hall–Kier alpha value is -2.17. The summed E-state index contributed by atoms with van der Waals surface area (Å²) in [4.78, 5) is 14.3. The van der Waals surface area contributed by atoms with Gasteiger partial charge in [0.05, 0.1) is 6.04 Å². The van der Waals surface area contributed by atoms with Crippen LogP contribution >= 0.6 is 0 Å². The lowest BCUT2D eigenvalue weighted by Crippen LogP contribution is -2.50. The van der Waals surface area contributed by atoms with Crippen molar-refractivity contribution in [1.82, 2.24) is 19.7 Å². The van der Waals surface area contributed by atoms with Crippen molar-refractivity contribution in [3.8, 4) is 0 Å². The zero-order chi connectivity index (χ0) is 14.3. The van der Waals surface area contributed by atoms with Crippen LogP contribution in [0.15, 0.2) is 24.5 Å². The van der Waals surface area contributed by atoms with Gasteiger partial charge in [-0.05, 0) is 32.9 Å². The van der Waals surface area contributed by atoms with Crippen molar-refractivity contribution in [2.24, 2.45) is 0 Å². The second kappa shape index (κ2) is 4.74. The second-order valence-corrected chi connectivity index (χ2v) is 5.53. The van der Waals surface area contributed by atoms with E-state index < -0.39 is 0 Å². The van der Waals surface area contributed by atoms with Crippen molar-refractivity contribution in [2.45, 2.75) is 26.8 Å². The molecule has 0 N–H and O–H groups in total. The summed E-state index contributed by atoms with van der Waals surface area (Å²) in [6.45, 7) is 7.42. The van der Waals surface area contributed by atoms with Gasteiger partial charge in [-0.15, -0.1) is 10.2 Å². The molecule has 0 radical (unpaired) electrons. The van der Waals surface area contributed by atoms with E-state index >= 15 is 0 Å². The van der Waals surface area contributed by atoms with E-state index in [1.54, 1.807) is 6.33 Å². The third-order valence-corrected chi connectivity index (χ3v) is 3.76. The Morgan fingerprint density at radius 1 is 1.15 bits per heavy atom. The zero-order valence-electron chi connectivity index (χ0n) is 12.0. The second-order valence-electron chi connectivity index (χ2n) is 5.53. The van der Waals surface area contributed by atoms with E-state index in [0.29, 0.717) is 6.04 Å². The molecule has 2 aromatic rings. The molecule has 1 saturated heterocycles. The fourth-order valence-electron chi connectivity index (χ4n) is 2.74. The van der Waals surface area contributed by atoms with E-state index in [4.69, 9.17) is 0 Å². The van der Waals surface area contributed by atoms with Crippen molar-refractivity contribution < 1.29 is 4.79 Å². The lowest BCUT2D eigenvalue weighted by Gasteiger charge is -2.40. The highest BCUT2D eigenvalue weighted by Gasteiger charge is 2.33. The number of nitrogens with zero attached hydrogens (tertiary/aromatic N) is 4. The molecule has 0 atom stereocenters. The van der Waals surface area contributed by atoms with Gasteiger partial charge < -0.3 is 9.47 Å². The molecule has 1 aromatic carbocycles. The maximum atomic E-state index is 12.4. The summed E-state index contributed by atoms with van der Waals surface area (Å²) in [6, 6.07) is 6.29. The van der Waals surface area contributed by atoms with Gasteiger partial charge in [0.15, 0.2) is 0 Å². The van der Waals surface area contributed by atoms with Crippen LogP contribution in [0.5, 0.6) is 0 Å². The molecule has 5 nitrogen and oxygen atoms in total. The molecule has 3 rings (SSSR count). The van der Waals surface area contributed by atoms with Gasteiger partial charge >= 0.3 is 0 Å². The maximum absolute atomic E-state index is 12.4. The topological polar surface area (TPSA) is 51.0 Å². The third-order valence-electron chi connectivity index (χ3n) is 3.76. The lowest BCUT2D eigenvalue weighted by atomic mass is 10.0. The van der Waals surface area contributed by atoms with Gasteiger partial charge in [0.25, 0.3) is 5.91 Å². The Morgan fingerprint density at radius 2 is 1.80 bits per heavy atom. The number of aromatic nitrogens is 3. The Bertz CT molecular complexity index is 635. The highest BCUT2D eigenvalue weighted by atomic mass is 16.2. The number of amides is 1. The van der Waals surface area contributed by atoms with Gasteiger partial charge in [0, 0.05) is 18.7 Å². The van der Waals surface area contributed by atoms with Crippen molar-refractivity contribution in [3.05, 3.63) is 47.0 Å². The Balaban J connectivity index is 1.70. The monoisotopic (exact) mass is 270 g/mol. The molecule has 1 aromatic heterocycles. The smallest absolute Gasteiger partial charge is 0.254 e. The number of benzene rings is 1. The van der Waals surface area contributed by atoms with Gasteiger partial charge in [0.2, 0.25) is 0 Å². The average molecular weight is 270 g/mol. The number of carbonyl (C=O) groups is 1. The normalized spacial score (nSPS) is 15.2. The number of aryl methyl sites for hydroxylation is 3. The molecule has 1 fully saturated rings. The first-order valence-corrected chi connectivity index (χ1v) is 6.78. The third kappa shape index (κ3) is 2.19. The van der Waals surface area contributed by atoms with Gasteiger partial charge in [0.1, 0.15) is 12.2 Å². The molecule has 2 heterocycles. The van der Waals surface area contributed by atoms with Crippen LogP contribution in [-0.4, -0.2) is 38.7 Å². The van der Waals surface area contributed by atoms with Crippen molar-refractivity contribution in [1.29, 1.82) is 0 Å². The first-order valence-electron chi connectivity index (χ1n) is 6.78. The molecular formula is C15H18N4O. The fraction of sp³-hybridized carbons (Fsp3) is 0.400. The van der Waals surface area contributed by atoms with E-state index in [1.807, 2.05) is 42.4 Å². The van der Waals surface area contributed by atoms with Crippen LogP contribution < -0.4 is 0 Å². The predicted molar refractivity (Wildman–Crippen MR) is 75.6 cm³/mol. The molecular weight excluding hydrogens is 252 g/mol. The summed E-state index contributed by atoms with van der Waals surface area (Å²) < 4.78 is 2.03. The fourth-order valence-corrected chi connectivity index (χ4v) is 2.74. The molecule has 104 valence electrons. The molecule has 0 spiro atoms. The number of likely N-dealkylation sites (tertiary alicyclic amines) is 1. The number of carbonyl (C=O) groups excluding carboxylic acids is 1. The minimum atomic E-state index is 0.110. The van der Waals surface area contributed by atoms with Crippen molar-refractivity contribution in [2.75, 3.05) is 13.1 Å². The van der Waals surface area contributed by atoms with E-state index in [0.717, 1.165) is 35.6 Å². The van der Waals surface area contributed by atoms with Crippen molar-refractivity contribution in [3.63, 3.8) is 0 Å². The Morgan fingerprint density at radius 3 is 2.35 bits per heavy atom. The quantitative estimate of drug-likeness (QED) is 0.837. The van der Waals surface area contributed by atoms with E-state index in [2.05, 4.69) is 16.3 Å². The first-order chi connectivity index (χ1) is 9.54. The Kier molecular flexibility index (Phi) is 3.04. The van der Waals surface area contributed by atoms with Crippen molar-refractivity contribution >= 4 is 5.91 Å². The van der Waals surface area contributed by atoms with E-state index in [1.165, 1.54) is 0 Å². The molecule has 1 amide bonds. The average Bonchev–Trinajstić information content (AvgIpc) is 2.72. The summed E-state index contributed by atoms with van der Waals surface area (Å²) >= 11 is 0. The molecule has 0 bridgehead atoms. The van der Waals surface area contributed by atoms with E-state index in [9.17, 15) is 4.79 Å². The number of hydrogen-bond acceptors (Lipinski definition) is 3. The maximum Gasteiger partial charge on any atom is 0.254 e. The molecule has 1 aliphatic rings. The Labute approximate surface area is 118 Å². The van der Waals surface area contributed by atoms with Gasteiger partial charge in [-0.2, -0.15) is 0 Å². The van der Waals surface area contributed by atoms with Crippen LogP contribution in [0, 0.1) is 20.8 Å². The van der Waals surface area contributed by atoms with Crippen LogP contribution in [0.25, 0.3) is 0 Å². The molecule has 20 heavy (non-hydrogen) atoms. The summed E-state index contributed by atoms with van der Waals surface area (Å²) in [7, 11) is 0. The molecule has 1 aliphatic heterocycles. The van der Waals surface area contributed by atoms with Crippen LogP contribution in [0.1, 0.15) is 33.4 Å². The molecule has 0 unspecified atom stereocenters. The lowest BCUT2D eigenvalue weighted by molar-refractivity contribution is 0.0517. The standard InChI is InChI=1S/C15H18N4O/c1-10-4-11(2)6-13(5-10)15(20)18-7-14(8-18)19-9-16-17-12(19)3/h4-6,9,14H,7-8H2,1-3H3. The molecule has 5 heteroatoms. The molecule has 0 aliphatic carbocycles. The minimum Gasteiger partial charge on any atom is -0.334 e. The van der Waals surface area contributed by atoms with Crippen LogP contribution in [-0.2, 0) is 0 Å². The number of rotatable bonds is 2. The summed E-state index contributed by atoms with van der Waals surface area (Å²) in [5.41, 5.74) is 3.03. The number of hydrogen-bond donors (Lipinski definition) is 0. The van der Waals surface area contributed by atoms with Gasteiger partial charge in [-0.25, -0.2) is 0 Å². The predicted octanol–water partition coefficient (Wildman–Crippen LogP) is 1.90. The zero-order valence-corrected chi connectivity index (χ0v) is 12.0. The molecule has 0 saturated carbocycles. The largest absolute Gasteiger partial charge is 0.334 e. The van der Waals surface area contributed by atoms with Crippen LogP contribution in [0.3, 0.4) is 0 Å². The van der Waals surface area contributed by atoms with Gasteiger partial charge in [-0.1, -0.05) is 17.2 Å². The van der Waals surface area contributed by atoms with Gasteiger partial charge in [-0.3, -0.25) is 4.79 Å². The SMILES string of the molecule is Cc1cc(C)cc(C(=O)N2CC(n3cnnc3C)C2)c1. The summed E-state index contributed by atoms with van der Waals surface area (Å²) in [5, 5.41) is 7.87. The highest BCUT2D eigenvalue weighted by Crippen LogP contribution is 2.24. The summed E-state index contributed by atoms with van der Waals surface area (Å²) in [5.74, 6) is 1.01.